The number of hydrogen-bond acceptors (Lipinski definition) is 6. The molecule has 2 N–H and O–H groups in total. The minimum atomic E-state index is 0.505. The van der Waals surface area contributed by atoms with Crippen LogP contribution in [0.15, 0.2) is 47.0 Å². The van der Waals surface area contributed by atoms with Crippen LogP contribution in [0, 0.1) is 11.3 Å². The molecule has 21 heavy (non-hydrogen) atoms. The molecular weight excluding hydrogens is 266 g/mol. The van der Waals surface area contributed by atoms with Crippen LogP contribution in [0.3, 0.4) is 0 Å². The van der Waals surface area contributed by atoms with Gasteiger partial charge in [-0.25, -0.2) is 4.98 Å². The van der Waals surface area contributed by atoms with Crippen LogP contribution in [0.4, 0.5) is 11.8 Å². The molecule has 0 atom stereocenters. The van der Waals surface area contributed by atoms with Gasteiger partial charge in [-0.15, -0.1) is 0 Å². The molecule has 0 aliphatic rings. The van der Waals surface area contributed by atoms with E-state index in [2.05, 4.69) is 20.6 Å². The minimum absolute atomic E-state index is 0.505. The third kappa shape index (κ3) is 3.09. The van der Waals surface area contributed by atoms with E-state index >= 15 is 0 Å². The van der Waals surface area contributed by atoms with Crippen LogP contribution in [-0.2, 0) is 0 Å². The van der Waals surface area contributed by atoms with Crippen LogP contribution in [0.2, 0.25) is 0 Å². The molecule has 1 aromatic carbocycles. The summed E-state index contributed by atoms with van der Waals surface area (Å²) >= 11 is 0. The number of nitrogens with zero attached hydrogens (tertiary/aromatic N) is 3. The summed E-state index contributed by atoms with van der Waals surface area (Å²) in [5.41, 5.74) is 2.15. The molecule has 2 aromatic heterocycles. The van der Waals surface area contributed by atoms with E-state index in [1.807, 2.05) is 30.3 Å². The fourth-order valence-corrected chi connectivity index (χ4v) is 1.87. The number of aromatic nitrogens is 2. The molecule has 0 aliphatic carbocycles. The highest BCUT2D eigenvalue weighted by Crippen LogP contribution is 2.17. The van der Waals surface area contributed by atoms with Crippen LogP contribution >= 0.6 is 0 Å². The first-order valence-electron chi connectivity index (χ1n) is 6.54. The maximum absolute atomic E-state index is 8.69. The van der Waals surface area contributed by atoms with Gasteiger partial charge in [-0.3, -0.25) is 0 Å². The molecule has 0 aliphatic heterocycles. The van der Waals surface area contributed by atoms with Crippen molar-refractivity contribution in [2.24, 2.45) is 0 Å². The van der Waals surface area contributed by atoms with Gasteiger partial charge in [0.2, 0.25) is 0 Å². The standard InChI is InChI=1S/C15H13N5O/c16-9-11-5-6-14(19-10-11)17-7-8-18-15-20-12-3-1-2-4-13(12)21-15/h1-6,10H,7-8H2,(H,17,19)(H,18,20). The van der Waals surface area contributed by atoms with Gasteiger partial charge in [-0.2, -0.15) is 10.2 Å². The predicted octanol–water partition coefficient (Wildman–Crippen LogP) is 2.62. The van der Waals surface area contributed by atoms with Crippen molar-refractivity contribution in [2.75, 3.05) is 23.7 Å². The molecule has 0 fully saturated rings. The van der Waals surface area contributed by atoms with Crippen molar-refractivity contribution in [3.8, 4) is 6.07 Å². The molecule has 0 amide bonds. The zero-order valence-electron chi connectivity index (χ0n) is 11.2. The third-order valence-corrected chi connectivity index (χ3v) is 2.89. The molecule has 0 radical (unpaired) electrons. The van der Waals surface area contributed by atoms with E-state index in [-0.39, 0.29) is 0 Å². The topological polar surface area (TPSA) is 86.8 Å². The molecule has 6 nitrogen and oxygen atoms in total. The number of oxazole rings is 1. The van der Waals surface area contributed by atoms with Crippen molar-refractivity contribution < 1.29 is 4.42 Å². The summed E-state index contributed by atoms with van der Waals surface area (Å²) in [6.07, 6.45) is 1.54. The average Bonchev–Trinajstić information content (AvgIpc) is 2.95. The summed E-state index contributed by atoms with van der Waals surface area (Å²) in [5.74, 6) is 0.730. The molecule has 0 saturated heterocycles. The first-order chi connectivity index (χ1) is 10.3. The lowest BCUT2D eigenvalue weighted by atomic mass is 10.3. The predicted molar refractivity (Wildman–Crippen MR) is 79.9 cm³/mol. The van der Waals surface area contributed by atoms with Crippen molar-refractivity contribution in [2.45, 2.75) is 0 Å². The Balaban J connectivity index is 1.50. The van der Waals surface area contributed by atoms with E-state index < -0.39 is 0 Å². The van der Waals surface area contributed by atoms with Crippen molar-refractivity contribution in [3.05, 3.63) is 48.2 Å². The van der Waals surface area contributed by atoms with Gasteiger partial charge in [-0.05, 0) is 24.3 Å². The number of pyridine rings is 1. The second-order valence-corrected chi connectivity index (χ2v) is 4.38. The number of rotatable bonds is 5. The van der Waals surface area contributed by atoms with Gasteiger partial charge in [0, 0.05) is 19.3 Å². The van der Waals surface area contributed by atoms with Gasteiger partial charge < -0.3 is 15.1 Å². The molecule has 3 aromatic rings. The number of nitriles is 1. The number of benzene rings is 1. The lowest BCUT2D eigenvalue weighted by Crippen LogP contribution is -2.14. The van der Waals surface area contributed by atoms with Crippen LogP contribution in [-0.4, -0.2) is 23.1 Å². The Bertz CT molecular complexity index is 740. The summed E-state index contributed by atoms with van der Waals surface area (Å²) in [7, 11) is 0. The Kier molecular flexibility index (Phi) is 3.65. The number of para-hydroxylation sites is 2. The number of anilines is 2. The number of nitrogens with one attached hydrogen (secondary N) is 2. The average molecular weight is 279 g/mol. The normalized spacial score (nSPS) is 10.2. The Hall–Kier alpha value is -3.07. The van der Waals surface area contributed by atoms with Crippen LogP contribution in [0.5, 0.6) is 0 Å². The highest BCUT2D eigenvalue weighted by Gasteiger charge is 2.03. The number of fused-ring (bicyclic) bond motifs is 1. The maximum Gasteiger partial charge on any atom is 0.295 e. The summed E-state index contributed by atoms with van der Waals surface area (Å²) in [6.45, 7) is 1.31. The highest BCUT2D eigenvalue weighted by atomic mass is 16.4. The summed E-state index contributed by atoms with van der Waals surface area (Å²) in [6, 6.07) is 13.7. The lowest BCUT2D eigenvalue weighted by Gasteiger charge is -2.05. The van der Waals surface area contributed by atoms with Crippen LogP contribution in [0.1, 0.15) is 5.56 Å². The molecule has 0 bridgehead atoms. The zero-order chi connectivity index (χ0) is 14.5. The van der Waals surface area contributed by atoms with Crippen molar-refractivity contribution in [1.29, 1.82) is 5.26 Å². The molecule has 0 saturated carbocycles. The van der Waals surface area contributed by atoms with Gasteiger partial charge in [-0.1, -0.05) is 12.1 Å². The first kappa shape index (κ1) is 12.9. The van der Waals surface area contributed by atoms with Crippen molar-refractivity contribution in [1.82, 2.24) is 9.97 Å². The number of hydrogen-bond donors (Lipinski definition) is 2. The largest absolute Gasteiger partial charge is 0.424 e. The first-order valence-corrected chi connectivity index (χ1v) is 6.54. The van der Waals surface area contributed by atoms with Crippen molar-refractivity contribution >= 4 is 22.9 Å². The molecule has 0 spiro atoms. The summed E-state index contributed by atoms with van der Waals surface area (Å²) in [5, 5.41) is 14.9. The fourth-order valence-electron chi connectivity index (χ4n) is 1.87. The van der Waals surface area contributed by atoms with Gasteiger partial charge in [0.1, 0.15) is 17.4 Å². The van der Waals surface area contributed by atoms with E-state index in [4.69, 9.17) is 9.68 Å². The molecule has 6 heteroatoms. The monoisotopic (exact) mass is 279 g/mol. The van der Waals surface area contributed by atoms with Gasteiger partial charge in [0.25, 0.3) is 6.01 Å². The Morgan fingerprint density at radius 1 is 1.10 bits per heavy atom. The fraction of sp³-hybridized carbons (Fsp3) is 0.133. The lowest BCUT2D eigenvalue weighted by molar-refractivity contribution is 0.615. The second kappa shape index (κ2) is 5.92. The SMILES string of the molecule is N#Cc1ccc(NCCNc2nc3ccccc3o2)nc1. The molecule has 2 heterocycles. The molecule has 0 unspecified atom stereocenters. The molecule has 104 valence electrons. The van der Waals surface area contributed by atoms with E-state index in [1.165, 1.54) is 6.20 Å². The Labute approximate surface area is 121 Å². The van der Waals surface area contributed by atoms with Crippen molar-refractivity contribution in [3.63, 3.8) is 0 Å². The third-order valence-electron chi connectivity index (χ3n) is 2.89. The Morgan fingerprint density at radius 2 is 1.95 bits per heavy atom. The quantitative estimate of drug-likeness (QED) is 0.698. The van der Waals surface area contributed by atoms with E-state index in [1.54, 1.807) is 12.1 Å². The van der Waals surface area contributed by atoms with E-state index in [9.17, 15) is 0 Å². The minimum Gasteiger partial charge on any atom is -0.424 e. The highest BCUT2D eigenvalue weighted by molar-refractivity contribution is 5.74. The smallest absolute Gasteiger partial charge is 0.295 e. The van der Waals surface area contributed by atoms with Crippen LogP contribution < -0.4 is 10.6 Å². The van der Waals surface area contributed by atoms with Crippen LogP contribution in [0.25, 0.3) is 11.1 Å². The summed E-state index contributed by atoms with van der Waals surface area (Å²) in [4.78, 5) is 8.45. The van der Waals surface area contributed by atoms with E-state index in [0.29, 0.717) is 24.7 Å². The van der Waals surface area contributed by atoms with E-state index in [0.717, 1.165) is 16.9 Å². The molecular formula is C15H13N5O. The second-order valence-electron chi connectivity index (χ2n) is 4.38. The zero-order valence-corrected chi connectivity index (χ0v) is 11.2. The van der Waals surface area contributed by atoms with Gasteiger partial charge >= 0.3 is 0 Å². The Morgan fingerprint density at radius 3 is 2.71 bits per heavy atom. The summed E-state index contributed by atoms with van der Waals surface area (Å²) < 4.78 is 5.55. The molecule has 3 rings (SSSR count). The van der Waals surface area contributed by atoms with Gasteiger partial charge in [0.05, 0.1) is 5.56 Å². The maximum atomic E-state index is 8.69. The van der Waals surface area contributed by atoms with Gasteiger partial charge in [0.15, 0.2) is 5.58 Å².